The number of carboxylic acid groups (broad SMARTS) is 1. The van der Waals surface area contributed by atoms with E-state index in [1.807, 2.05) is 46.0 Å². The van der Waals surface area contributed by atoms with Crippen molar-refractivity contribution in [2.75, 3.05) is 57.4 Å². The molecule has 9 nitrogen and oxygen atoms in total. The van der Waals surface area contributed by atoms with Crippen molar-refractivity contribution in [1.29, 1.82) is 0 Å². The van der Waals surface area contributed by atoms with Crippen LogP contribution in [-0.2, 0) is 14.3 Å². The largest absolute Gasteiger partial charge is 0.491 e. The highest BCUT2D eigenvalue weighted by molar-refractivity contribution is 5.85. The van der Waals surface area contributed by atoms with Gasteiger partial charge < -0.3 is 24.2 Å². The topological polar surface area (TPSA) is 97.3 Å². The van der Waals surface area contributed by atoms with E-state index in [1.165, 1.54) is 0 Å². The van der Waals surface area contributed by atoms with Crippen LogP contribution in [0.3, 0.4) is 0 Å². The van der Waals surface area contributed by atoms with Gasteiger partial charge in [-0.05, 0) is 58.1 Å². The molecule has 1 N–H and O–H groups in total. The van der Waals surface area contributed by atoms with Crippen molar-refractivity contribution in [2.45, 2.75) is 66.1 Å². The summed E-state index contributed by atoms with van der Waals surface area (Å²) in [5.74, 6) is -0.324. The van der Waals surface area contributed by atoms with E-state index in [2.05, 4.69) is 28.6 Å². The fourth-order valence-electron chi connectivity index (χ4n) is 5.11. The van der Waals surface area contributed by atoms with E-state index in [9.17, 15) is 9.90 Å². The molecule has 0 radical (unpaired) electrons. The van der Waals surface area contributed by atoms with E-state index in [-0.39, 0.29) is 5.41 Å². The minimum Gasteiger partial charge on any atom is -0.491 e. The van der Waals surface area contributed by atoms with Gasteiger partial charge in [-0.1, -0.05) is 13.8 Å². The second-order valence-electron chi connectivity index (χ2n) is 12.3. The molecule has 0 aromatic carbocycles. The van der Waals surface area contributed by atoms with E-state index in [4.69, 9.17) is 19.2 Å². The van der Waals surface area contributed by atoms with Crippen molar-refractivity contribution >= 4 is 11.7 Å². The highest BCUT2D eigenvalue weighted by atomic mass is 16.5. The number of morpholine rings is 1. The number of hydrogen-bond donors (Lipinski definition) is 1. The zero-order chi connectivity index (χ0) is 28.2. The first kappa shape index (κ1) is 29.2. The van der Waals surface area contributed by atoms with Crippen LogP contribution < -0.4 is 9.64 Å². The average molecular weight is 541 g/mol. The summed E-state index contributed by atoms with van der Waals surface area (Å²) < 4.78 is 17.5. The number of anilines is 1. The van der Waals surface area contributed by atoms with Crippen molar-refractivity contribution in [2.24, 2.45) is 5.41 Å². The molecule has 4 heterocycles. The predicted molar refractivity (Wildman–Crippen MR) is 151 cm³/mol. The molecule has 0 bridgehead atoms. The van der Waals surface area contributed by atoms with Crippen LogP contribution in [0.2, 0.25) is 0 Å². The van der Waals surface area contributed by atoms with E-state index >= 15 is 0 Å². The lowest BCUT2D eigenvalue weighted by atomic mass is 9.82. The van der Waals surface area contributed by atoms with Gasteiger partial charge in [0, 0.05) is 55.7 Å². The number of nitrogens with zero attached hydrogens (tertiary/aromatic N) is 4. The van der Waals surface area contributed by atoms with Crippen LogP contribution in [0.15, 0.2) is 24.5 Å². The lowest BCUT2D eigenvalue weighted by molar-refractivity contribution is -0.160. The molecular formula is C30H44N4O5. The first-order valence-electron chi connectivity index (χ1n) is 14.0. The van der Waals surface area contributed by atoms with Gasteiger partial charge >= 0.3 is 5.97 Å². The fraction of sp³-hybridized carbons (Fsp3) is 0.633. The van der Waals surface area contributed by atoms with Crippen molar-refractivity contribution in [3.05, 3.63) is 35.8 Å². The molecule has 9 heteroatoms. The van der Waals surface area contributed by atoms with Crippen LogP contribution in [0.1, 0.15) is 64.8 Å². The normalized spacial score (nSPS) is 19.1. The number of pyridine rings is 2. The molecule has 0 saturated carbocycles. The van der Waals surface area contributed by atoms with Gasteiger partial charge in [0.05, 0.1) is 36.4 Å². The van der Waals surface area contributed by atoms with E-state index in [0.29, 0.717) is 23.6 Å². The minimum atomic E-state index is -1.15. The molecule has 214 valence electrons. The molecule has 1 atom stereocenters. The van der Waals surface area contributed by atoms with Crippen LogP contribution in [0, 0.1) is 12.3 Å². The number of carboxylic acids is 1. The summed E-state index contributed by atoms with van der Waals surface area (Å²) in [4.78, 5) is 26.6. The van der Waals surface area contributed by atoms with Gasteiger partial charge in [-0.3, -0.25) is 14.9 Å². The Balaban J connectivity index is 1.66. The monoisotopic (exact) mass is 540 g/mol. The van der Waals surface area contributed by atoms with Gasteiger partial charge in [0.1, 0.15) is 12.4 Å². The summed E-state index contributed by atoms with van der Waals surface area (Å²) in [7, 11) is 0. The van der Waals surface area contributed by atoms with E-state index in [1.54, 1.807) is 6.20 Å². The van der Waals surface area contributed by atoms with Crippen LogP contribution >= 0.6 is 0 Å². The zero-order valence-corrected chi connectivity index (χ0v) is 24.3. The average Bonchev–Trinajstić information content (AvgIpc) is 2.88. The van der Waals surface area contributed by atoms with E-state index < -0.39 is 17.7 Å². The number of ether oxygens (including phenoxy) is 3. The number of hydrogen-bond acceptors (Lipinski definition) is 8. The van der Waals surface area contributed by atoms with Crippen LogP contribution in [0.25, 0.3) is 11.3 Å². The third kappa shape index (κ3) is 7.68. The minimum absolute atomic E-state index is 0.242. The molecule has 2 aromatic rings. The van der Waals surface area contributed by atoms with Gasteiger partial charge in [0.15, 0.2) is 6.10 Å². The molecule has 2 saturated heterocycles. The van der Waals surface area contributed by atoms with Gasteiger partial charge in [-0.15, -0.1) is 0 Å². The summed E-state index contributed by atoms with van der Waals surface area (Å²) >= 11 is 0. The van der Waals surface area contributed by atoms with Crippen molar-refractivity contribution in [3.63, 3.8) is 0 Å². The third-order valence-electron chi connectivity index (χ3n) is 7.47. The van der Waals surface area contributed by atoms with Crippen LogP contribution in [0.4, 0.5) is 5.69 Å². The van der Waals surface area contributed by atoms with Gasteiger partial charge in [0.25, 0.3) is 0 Å². The molecule has 2 aromatic heterocycles. The van der Waals surface area contributed by atoms with Crippen LogP contribution in [0.5, 0.6) is 5.75 Å². The number of aliphatic carboxylic acids is 1. The number of rotatable bonds is 9. The maximum Gasteiger partial charge on any atom is 0.337 e. The van der Waals surface area contributed by atoms with Crippen molar-refractivity contribution < 1.29 is 24.1 Å². The highest BCUT2D eigenvalue weighted by Gasteiger charge is 2.36. The quantitative estimate of drug-likeness (QED) is 0.484. The van der Waals surface area contributed by atoms with Gasteiger partial charge in [-0.2, -0.15) is 0 Å². The number of carbonyl (C=O) groups is 1. The third-order valence-corrected chi connectivity index (χ3v) is 7.47. The Kier molecular flexibility index (Phi) is 9.14. The SMILES string of the molecule is Cc1ncc(-c2ccc(OCCN3CCOCC3)cn2)c(N2CCC(C)(C)CC2)c1[C@H](OC(C)(C)C)C(=O)O. The Labute approximate surface area is 232 Å². The molecule has 2 aliphatic heterocycles. The van der Waals surface area contributed by atoms with Gasteiger partial charge in [0.2, 0.25) is 0 Å². The summed E-state index contributed by atoms with van der Waals surface area (Å²) in [5, 5.41) is 10.3. The number of piperidine rings is 1. The Bertz CT molecular complexity index is 1110. The molecule has 0 amide bonds. The highest BCUT2D eigenvalue weighted by Crippen LogP contribution is 2.43. The Morgan fingerprint density at radius 2 is 1.79 bits per heavy atom. The van der Waals surface area contributed by atoms with Crippen LogP contribution in [-0.4, -0.2) is 84.1 Å². The number of aryl methyl sites for hydroxylation is 1. The zero-order valence-electron chi connectivity index (χ0n) is 24.3. The second-order valence-corrected chi connectivity index (χ2v) is 12.3. The lowest BCUT2D eigenvalue weighted by Crippen LogP contribution is -2.39. The molecule has 0 aliphatic carbocycles. The smallest absolute Gasteiger partial charge is 0.337 e. The first-order valence-corrected chi connectivity index (χ1v) is 14.0. The lowest BCUT2D eigenvalue weighted by Gasteiger charge is -2.40. The molecule has 4 rings (SSSR count). The Morgan fingerprint density at radius 3 is 2.38 bits per heavy atom. The summed E-state index contributed by atoms with van der Waals surface area (Å²) in [6, 6.07) is 3.85. The molecule has 39 heavy (non-hydrogen) atoms. The summed E-state index contributed by atoms with van der Waals surface area (Å²) in [6.45, 7) is 18.5. The maximum atomic E-state index is 12.6. The summed E-state index contributed by atoms with van der Waals surface area (Å²) in [6.07, 6.45) is 4.41. The van der Waals surface area contributed by atoms with Crippen molar-refractivity contribution in [3.8, 4) is 17.0 Å². The number of aromatic nitrogens is 2. The van der Waals surface area contributed by atoms with E-state index in [0.717, 1.165) is 75.7 Å². The van der Waals surface area contributed by atoms with Gasteiger partial charge in [-0.25, -0.2) is 4.79 Å². The molecular weight excluding hydrogens is 496 g/mol. The Morgan fingerprint density at radius 1 is 1.10 bits per heavy atom. The molecule has 0 unspecified atom stereocenters. The summed E-state index contributed by atoms with van der Waals surface area (Å²) in [5.41, 5.74) is 3.22. The van der Waals surface area contributed by atoms with Crippen molar-refractivity contribution in [1.82, 2.24) is 14.9 Å². The Hall–Kier alpha value is -2.75. The molecule has 0 spiro atoms. The molecule has 2 fully saturated rings. The molecule has 2 aliphatic rings. The standard InChI is InChI=1S/C30H44N4O5/c1-21-25(27(28(35)36)39-29(2,3)4)26(34-11-9-30(5,6)10-12-34)23(20-31-21)24-8-7-22(19-32-24)38-18-15-33-13-16-37-17-14-33/h7-8,19-20,27H,9-18H2,1-6H3,(H,35,36)/t27-/m0/s1. The maximum absolute atomic E-state index is 12.6. The predicted octanol–water partition coefficient (Wildman–Crippen LogP) is 4.73. The fourth-order valence-corrected chi connectivity index (χ4v) is 5.11. The first-order chi connectivity index (χ1) is 18.4. The second kappa shape index (κ2) is 12.2.